The molecule has 0 unspecified atom stereocenters. The van der Waals surface area contributed by atoms with Gasteiger partial charge in [-0.3, -0.25) is 0 Å². The molecule has 0 spiro atoms. The summed E-state index contributed by atoms with van der Waals surface area (Å²) >= 11 is 0. The minimum absolute atomic E-state index is 1.06. The molecule has 0 radical (unpaired) electrons. The van der Waals surface area contributed by atoms with Gasteiger partial charge in [-0.1, -0.05) is 24.3 Å². The van der Waals surface area contributed by atoms with E-state index in [-0.39, 0.29) is 0 Å². The second-order valence-corrected chi connectivity index (χ2v) is 5.97. The summed E-state index contributed by atoms with van der Waals surface area (Å²) in [6, 6.07) is 17.5. The Morgan fingerprint density at radius 3 is 1.90 bits per heavy atom. The highest BCUT2D eigenvalue weighted by molar-refractivity contribution is 5.93. The van der Waals surface area contributed by atoms with Crippen molar-refractivity contribution in [2.24, 2.45) is 0 Å². The summed E-state index contributed by atoms with van der Waals surface area (Å²) in [4.78, 5) is 2.25. The summed E-state index contributed by atoms with van der Waals surface area (Å²) in [6.45, 7) is 4.40. The van der Waals surface area contributed by atoms with Gasteiger partial charge in [0.2, 0.25) is 11.0 Å². The Kier molecular flexibility index (Phi) is 3.89. The molecule has 0 aliphatic rings. The summed E-state index contributed by atoms with van der Waals surface area (Å²) in [6.07, 6.45) is 1.16. The number of aryl methyl sites for hydroxylation is 2. The maximum atomic E-state index is 2.47. The van der Waals surface area contributed by atoms with Crippen LogP contribution in [0.5, 0.6) is 0 Å². The minimum atomic E-state index is 1.06. The van der Waals surface area contributed by atoms with Gasteiger partial charge in [-0.15, -0.1) is 0 Å². The number of para-hydroxylation sites is 2. The van der Waals surface area contributed by atoms with E-state index in [2.05, 4.69) is 79.0 Å². The van der Waals surface area contributed by atoms with Crippen LogP contribution in [-0.4, -0.2) is 25.5 Å². The third-order valence-electron chi connectivity index (χ3n) is 4.18. The molecule has 0 aliphatic heterocycles. The number of aromatic nitrogens is 1. The fraction of sp³-hybridized carbons (Fsp3) is 0.316. The standard InChI is InChI=1S/C19H23N2/c1-15-16-9-4-6-11-18(16)21(14-8-13-20(2)3)19-12-7-5-10-17(15)19/h4-7,9-12H,8,13-14H2,1-3H3/q+1. The van der Waals surface area contributed by atoms with Crippen LogP contribution in [0.2, 0.25) is 0 Å². The van der Waals surface area contributed by atoms with Crippen LogP contribution < -0.4 is 4.57 Å². The van der Waals surface area contributed by atoms with E-state index < -0.39 is 0 Å². The molecule has 0 saturated heterocycles. The van der Waals surface area contributed by atoms with E-state index in [1.54, 1.807) is 0 Å². The van der Waals surface area contributed by atoms with Crippen LogP contribution >= 0.6 is 0 Å². The van der Waals surface area contributed by atoms with Gasteiger partial charge in [0.1, 0.15) is 0 Å². The van der Waals surface area contributed by atoms with Crippen molar-refractivity contribution in [3.63, 3.8) is 0 Å². The summed E-state index contributed by atoms with van der Waals surface area (Å²) in [5.41, 5.74) is 4.06. The number of pyridine rings is 1. The highest BCUT2D eigenvalue weighted by Crippen LogP contribution is 2.23. The number of hydrogen-bond donors (Lipinski definition) is 0. The van der Waals surface area contributed by atoms with Gasteiger partial charge in [0, 0.05) is 35.9 Å². The van der Waals surface area contributed by atoms with Gasteiger partial charge in [0.15, 0.2) is 6.54 Å². The smallest absolute Gasteiger partial charge is 0.213 e. The quantitative estimate of drug-likeness (QED) is 0.523. The van der Waals surface area contributed by atoms with Crippen LogP contribution in [0.3, 0.4) is 0 Å². The Bertz CT molecular complexity index is 718. The molecule has 2 heteroatoms. The van der Waals surface area contributed by atoms with Crippen molar-refractivity contribution >= 4 is 21.8 Å². The lowest BCUT2D eigenvalue weighted by molar-refractivity contribution is -0.645. The Morgan fingerprint density at radius 1 is 0.857 bits per heavy atom. The topological polar surface area (TPSA) is 7.12 Å². The normalized spacial score (nSPS) is 11.6. The minimum Gasteiger partial charge on any atom is -0.309 e. The molecule has 2 aromatic carbocycles. The largest absolute Gasteiger partial charge is 0.309 e. The lowest BCUT2D eigenvalue weighted by atomic mass is 10.0. The van der Waals surface area contributed by atoms with E-state index in [1.807, 2.05) is 0 Å². The third-order valence-corrected chi connectivity index (χ3v) is 4.18. The van der Waals surface area contributed by atoms with Crippen LogP contribution in [0.25, 0.3) is 21.8 Å². The maximum absolute atomic E-state index is 2.47. The van der Waals surface area contributed by atoms with Gasteiger partial charge in [0.05, 0.1) is 0 Å². The van der Waals surface area contributed by atoms with Gasteiger partial charge in [-0.25, -0.2) is 0 Å². The van der Waals surface area contributed by atoms with E-state index in [0.717, 1.165) is 19.5 Å². The zero-order valence-corrected chi connectivity index (χ0v) is 13.1. The van der Waals surface area contributed by atoms with Crippen molar-refractivity contribution in [1.29, 1.82) is 0 Å². The molecule has 0 N–H and O–H groups in total. The summed E-state index contributed by atoms with van der Waals surface area (Å²) in [5, 5.41) is 2.72. The van der Waals surface area contributed by atoms with Crippen LogP contribution in [0.1, 0.15) is 12.0 Å². The van der Waals surface area contributed by atoms with Crippen molar-refractivity contribution in [3.05, 3.63) is 54.1 Å². The highest BCUT2D eigenvalue weighted by atomic mass is 15.1. The van der Waals surface area contributed by atoms with Gasteiger partial charge in [-0.2, -0.15) is 4.57 Å². The summed E-state index contributed by atoms with van der Waals surface area (Å²) < 4.78 is 2.47. The van der Waals surface area contributed by atoms with Crippen LogP contribution in [0.15, 0.2) is 48.5 Å². The van der Waals surface area contributed by atoms with E-state index in [1.165, 1.54) is 27.4 Å². The Hall–Kier alpha value is -1.93. The Balaban J connectivity index is 2.20. The Morgan fingerprint density at radius 2 is 1.38 bits per heavy atom. The highest BCUT2D eigenvalue weighted by Gasteiger charge is 2.17. The lowest BCUT2D eigenvalue weighted by Crippen LogP contribution is -2.37. The predicted molar refractivity (Wildman–Crippen MR) is 89.6 cm³/mol. The van der Waals surface area contributed by atoms with E-state index >= 15 is 0 Å². The SMILES string of the molecule is Cc1c2ccccc2[n+](CCCN(C)C)c2ccccc12. The molecule has 0 aliphatic carbocycles. The van der Waals surface area contributed by atoms with Crippen LogP contribution in [-0.2, 0) is 6.54 Å². The molecule has 0 saturated carbocycles. The molecule has 3 rings (SSSR count). The molecule has 0 atom stereocenters. The number of nitrogens with zero attached hydrogens (tertiary/aromatic N) is 2. The first-order valence-corrected chi connectivity index (χ1v) is 7.63. The summed E-state index contributed by atoms with van der Waals surface area (Å²) in [5.74, 6) is 0. The second kappa shape index (κ2) is 5.82. The fourth-order valence-corrected chi connectivity index (χ4v) is 3.11. The number of fused-ring (bicyclic) bond motifs is 2. The monoisotopic (exact) mass is 279 g/mol. The molecule has 108 valence electrons. The molecule has 0 fully saturated rings. The molecular formula is C19H23N2+. The van der Waals surface area contributed by atoms with E-state index in [4.69, 9.17) is 0 Å². The van der Waals surface area contributed by atoms with Crippen molar-refractivity contribution < 1.29 is 4.57 Å². The van der Waals surface area contributed by atoms with Crippen molar-refractivity contribution in [3.8, 4) is 0 Å². The van der Waals surface area contributed by atoms with Gasteiger partial charge >= 0.3 is 0 Å². The number of benzene rings is 2. The second-order valence-electron chi connectivity index (χ2n) is 5.97. The van der Waals surface area contributed by atoms with Crippen molar-refractivity contribution in [2.45, 2.75) is 19.9 Å². The fourth-order valence-electron chi connectivity index (χ4n) is 3.11. The third kappa shape index (κ3) is 2.64. The average molecular weight is 279 g/mol. The first-order chi connectivity index (χ1) is 10.2. The van der Waals surface area contributed by atoms with Gasteiger partial charge < -0.3 is 4.90 Å². The van der Waals surface area contributed by atoms with Crippen molar-refractivity contribution in [2.75, 3.05) is 20.6 Å². The molecular weight excluding hydrogens is 256 g/mol. The Labute approximate surface area is 126 Å². The van der Waals surface area contributed by atoms with Crippen LogP contribution in [0, 0.1) is 6.92 Å². The average Bonchev–Trinajstić information content (AvgIpc) is 2.50. The van der Waals surface area contributed by atoms with E-state index in [9.17, 15) is 0 Å². The van der Waals surface area contributed by atoms with E-state index in [0.29, 0.717) is 0 Å². The molecule has 1 aromatic heterocycles. The number of hydrogen-bond acceptors (Lipinski definition) is 1. The molecule has 2 nitrogen and oxygen atoms in total. The zero-order valence-electron chi connectivity index (χ0n) is 13.1. The van der Waals surface area contributed by atoms with Crippen LogP contribution in [0.4, 0.5) is 0 Å². The molecule has 0 amide bonds. The summed E-state index contributed by atoms with van der Waals surface area (Å²) in [7, 11) is 4.27. The molecule has 21 heavy (non-hydrogen) atoms. The lowest BCUT2D eigenvalue weighted by Gasteiger charge is -2.11. The van der Waals surface area contributed by atoms with Gasteiger partial charge in [-0.05, 0) is 38.7 Å². The van der Waals surface area contributed by atoms with Gasteiger partial charge in [0.25, 0.3) is 0 Å². The number of rotatable bonds is 4. The zero-order chi connectivity index (χ0) is 14.8. The molecule has 3 aromatic rings. The molecule has 1 heterocycles. The first-order valence-electron chi connectivity index (χ1n) is 7.63. The first kappa shape index (κ1) is 14.0. The molecule has 0 bridgehead atoms. The maximum Gasteiger partial charge on any atom is 0.213 e. The predicted octanol–water partition coefficient (Wildman–Crippen LogP) is 3.54. The van der Waals surface area contributed by atoms with Crippen molar-refractivity contribution in [1.82, 2.24) is 4.90 Å².